The molecule has 0 amide bonds. The first-order valence-electron chi connectivity index (χ1n) is 6.75. The van der Waals surface area contributed by atoms with Gasteiger partial charge in [-0.1, -0.05) is 15.9 Å². The fourth-order valence-corrected chi connectivity index (χ4v) is 2.70. The van der Waals surface area contributed by atoms with Gasteiger partial charge < -0.3 is 5.11 Å². The van der Waals surface area contributed by atoms with Crippen molar-refractivity contribution < 1.29 is 14.3 Å². The van der Waals surface area contributed by atoms with Crippen LogP contribution in [0, 0.1) is 5.82 Å². The highest BCUT2D eigenvalue weighted by Gasteiger charge is 2.21. The Hall–Kier alpha value is -0.940. The number of carboxylic acids is 1. The molecule has 0 bridgehead atoms. The van der Waals surface area contributed by atoms with Crippen LogP contribution >= 0.6 is 15.9 Å². The molecular weight excluding hydrogens is 325 g/mol. The fraction of sp³-hybridized carbons (Fsp3) is 0.533. The average molecular weight is 346 g/mol. The predicted octanol–water partition coefficient (Wildman–Crippen LogP) is 4.22. The van der Waals surface area contributed by atoms with Crippen molar-refractivity contribution >= 4 is 21.9 Å². The van der Waals surface area contributed by atoms with Crippen molar-refractivity contribution in [3.05, 3.63) is 34.1 Å². The average Bonchev–Trinajstić information content (AvgIpc) is 2.36. The lowest BCUT2D eigenvalue weighted by Gasteiger charge is -2.33. The molecule has 0 saturated heterocycles. The molecule has 0 radical (unpaired) electrons. The van der Waals surface area contributed by atoms with Gasteiger partial charge in [0.05, 0.1) is 0 Å². The van der Waals surface area contributed by atoms with Crippen LogP contribution in [-0.4, -0.2) is 28.6 Å². The Bertz CT molecular complexity index is 465. The van der Waals surface area contributed by atoms with E-state index >= 15 is 0 Å². The van der Waals surface area contributed by atoms with Crippen LogP contribution in [0.15, 0.2) is 22.7 Å². The van der Waals surface area contributed by atoms with Crippen molar-refractivity contribution in [1.82, 2.24) is 4.90 Å². The summed E-state index contributed by atoms with van der Waals surface area (Å²) < 4.78 is 14.8. The van der Waals surface area contributed by atoms with E-state index in [1.165, 1.54) is 6.07 Å². The number of benzene rings is 1. The zero-order valence-corrected chi connectivity index (χ0v) is 13.7. The van der Waals surface area contributed by atoms with Crippen molar-refractivity contribution in [2.45, 2.75) is 45.7 Å². The second kappa shape index (κ2) is 7.74. The third kappa shape index (κ3) is 4.87. The summed E-state index contributed by atoms with van der Waals surface area (Å²) in [6.07, 6.45) is 0.699. The quantitative estimate of drug-likeness (QED) is 0.803. The largest absolute Gasteiger partial charge is 0.481 e. The van der Waals surface area contributed by atoms with E-state index in [2.05, 4.69) is 20.8 Å². The number of nitrogens with zero attached hydrogens (tertiary/aromatic N) is 1. The second-order valence-electron chi connectivity index (χ2n) is 5.17. The standard InChI is InChI=1S/C15H21BrFNO2/c1-10(2)18(8-4-5-15(19)20)11(3)13-9-12(16)6-7-14(13)17/h6-7,9-11H,4-5,8H2,1-3H3,(H,19,20). The summed E-state index contributed by atoms with van der Waals surface area (Å²) in [6.45, 7) is 6.66. The van der Waals surface area contributed by atoms with Crippen LogP contribution in [-0.2, 0) is 4.79 Å². The Morgan fingerprint density at radius 3 is 2.60 bits per heavy atom. The summed E-state index contributed by atoms with van der Waals surface area (Å²) in [5.74, 6) is -1.03. The van der Waals surface area contributed by atoms with E-state index in [0.29, 0.717) is 18.5 Å². The maximum atomic E-state index is 14.0. The maximum Gasteiger partial charge on any atom is 0.303 e. The smallest absolute Gasteiger partial charge is 0.303 e. The van der Waals surface area contributed by atoms with E-state index in [-0.39, 0.29) is 24.3 Å². The molecule has 1 aromatic carbocycles. The Kier molecular flexibility index (Phi) is 6.62. The third-order valence-electron chi connectivity index (χ3n) is 3.38. The van der Waals surface area contributed by atoms with Crippen LogP contribution in [0.5, 0.6) is 0 Å². The third-order valence-corrected chi connectivity index (χ3v) is 3.87. The molecule has 0 aliphatic heterocycles. The number of rotatable bonds is 7. The lowest BCUT2D eigenvalue weighted by molar-refractivity contribution is -0.137. The lowest BCUT2D eigenvalue weighted by atomic mass is 10.0. The SMILES string of the molecule is CC(C)N(CCCC(=O)O)C(C)c1cc(Br)ccc1F. The van der Waals surface area contributed by atoms with E-state index in [1.807, 2.05) is 20.8 Å². The number of aliphatic carboxylic acids is 1. The fourth-order valence-electron chi connectivity index (χ4n) is 2.33. The molecule has 1 N–H and O–H groups in total. The summed E-state index contributed by atoms with van der Waals surface area (Å²) >= 11 is 3.36. The first kappa shape index (κ1) is 17.1. The first-order valence-corrected chi connectivity index (χ1v) is 7.54. The molecule has 0 aliphatic carbocycles. The molecule has 3 nitrogen and oxygen atoms in total. The van der Waals surface area contributed by atoms with Crippen molar-refractivity contribution in [2.75, 3.05) is 6.54 Å². The van der Waals surface area contributed by atoms with Gasteiger partial charge in [0.1, 0.15) is 5.82 Å². The molecule has 1 atom stereocenters. The van der Waals surface area contributed by atoms with Gasteiger partial charge in [0.15, 0.2) is 0 Å². The number of halogens is 2. The molecule has 1 aromatic rings. The Morgan fingerprint density at radius 1 is 1.40 bits per heavy atom. The number of hydrogen-bond acceptors (Lipinski definition) is 2. The summed E-state index contributed by atoms with van der Waals surface area (Å²) in [7, 11) is 0. The normalized spacial score (nSPS) is 12.9. The zero-order chi connectivity index (χ0) is 15.3. The second-order valence-corrected chi connectivity index (χ2v) is 6.09. The van der Waals surface area contributed by atoms with E-state index in [9.17, 15) is 9.18 Å². The van der Waals surface area contributed by atoms with Crippen LogP contribution in [0.1, 0.15) is 45.2 Å². The minimum Gasteiger partial charge on any atom is -0.481 e. The lowest BCUT2D eigenvalue weighted by Crippen LogP contribution is -2.35. The molecule has 112 valence electrons. The van der Waals surface area contributed by atoms with Crippen LogP contribution in [0.2, 0.25) is 0 Å². The molecular formula is C15H21BrFNO2. The van der Waals surface area contributed by atoms with E-state index < -0.39 is 5.97 Å². The van der Waals surface area contributed by atoms with Gasteiger partial charge in [-0.15, -0.1) is 0 Å². The molecule has 5 heteroatoms. The van der Waals surface area contributed by atoms with Gasteiger partial charge in [-0.2, -0.15) is 0 Å². The minimum atomic E-state index is -0.796. The highest BCUT2D eigenvalue weighted by molar-refractivity contribution is 9.10. The topological polar surface area (TPSA) is 40.5 Å². The van der Waals surface area contributed by atoms with E-state index in [0.717, 1.165) is 4.47 Å². The van der Waals surface area contributed by atoms with Crippen LogP contribution in [0.25, 0.3) is 0 Å². The van der Waals surface area contributed by atoms with Gasteiger partial charge in [0.25, 0.3) is 0 Å². The molecule has 0 aliphatic rings. The summed E-state index contributed by atoms with van der Waals surface area (Å²) in [5, 5.41) is 8.72. The molecule has 1 unspecified atom stereocenters. The molecule has 0 heterocycles. The van der Waals surface area contributed by atoms with Crippen molar-refractivity contribution in [3.63, 3.8) is 0 Å². The van der Waals surface area contributed by atoms with E-state index in [4.69, 9.17) is 5.11 Å². The first-order chi connectivity index (χ1) is 9.32. The minimum absolute atomic E-state index is 0.0960. The molecule has 0 aromatic heterocycles. The van der Waals surface area contributed by atoms with Gasteiger partial charge in [0, 0.05) is 28.5 Å². The number of hydrogen-bond donors (Lipinski definition) is 1. The van der Waals surface area contributed by atoms with Gasteiger partial charge in [-0.25, -0.2) is 4.39 Å². The summed E-state index contributed by atoms with van der Waals surface area (Å²) in [5.41, 5.74) is 0.628. The number of carboxylic acid groups (broad SMARTS) is 1. The number of carbonyl (C=O) groups is 1. The van der Waals surface area contributed by atoms with Crippen LogP contribution < -0.4 is 0 Å². The Balaban J connectivity index is 2.85. The van der Waals surface area contributed by atoms with Gasteiger partial charge >= 0.3 is 5.97 Å². The van der Waals surface area contributed by atoms with Crippen LogP contribution in [0.3, 0.4) is 0 Å². The van der Waals surface area contributed by atoms with E-state index in [1.54, 1.807) is 12.1 Å². The molecule has 0 saturated carbocycles. The van der Waals surface area contributed by atoms with Crippen molar-refractivity contribution in [3.8, 4) is 0 Å². The Morgan fingerprint density at radius 2 is 2.05 bits per heavy atom. The van der Waals surface area contributed by atoms with Crippen molar-refractivity contribution in [1.29, 1.82) is 0 Å². The van der Waals surface area contributed by atoms with Gasteiger partial charge in [-0.3, -0.25) is 9.69 Å². The summed E-state index contributed by atoms with van der Waals surface area (Å²) in [6, 6.07) is 5.03. The Labute approximate surface area is 127 Å². The maximum absolute atomic E-state index is 14.0. The molecule has 1 rings (SSSR count). The van der Waals surface area contributed by atoms with Gasteiger partial charge in [0.2, 0.25) is 0 Å². The molecule has 20 heavy (non-hydrogen) atoms. The molecule has 0 spiro atoms. The molecule has 0 fully saturated rings. The van der Waals surface area contributed by atoms with Crippen LogP contribution in [0.4, 0.5) is 4.39 Å². The zero-order valence-electron chi connectivity index (χ0n) is 12.1. The summed E-state index contributed by atoms with van der Waals surface area (Å²) in [4.78, 5) is 12.7. The monoisotopic (exact) mass is 345 g/mol. The predicted molar refractivity (Wildman–Crippen MR) is 81.2 cm³/mol. The van der Waals surface area contributed by atoms with Crippen molar-refractivity contribution in [2.24, 2.45) is 0 Å². The highest BCUT2D eigenvalue weighted by Crippen LogP contribution is 2.27. The van der Waals surface area contributed by atoms with Gasteiger partial charge in [-0.05, 0) is 51.9 Å². The highest BCUT2D eigenvalue weighted by atomic mass is 79.9.